The number of imide groups is 1. The number of nitrogens with zero attached hydrogens (tertiary/aromatic N) is 2. The summed E-state index contributed by atoms with van der Waals surface area (Å²) >= 11 is 11.9. The van der Waals surface area contributed by atoms with Crippen LogP contribution in [0.1, 0.15) is 36.6 Å². The van der Waals surface area contributed by atoms with Crippen LogP contribution in [-0.4, -0.2) is 48.8 Å². The van der Waals surface area contributed by atoms with Crippen LogP contribution < -0.4 is 4.90 Å². The van der Waals surface area contributed by atoms with E-state index in [9.17, 15) is 19.2 Å². The van der Waals surface area contributed by atoms with E-state index in [0.29, 0.717) is 24.2 Å². The van der Waals surface area contributed by atoms with Gasteiger partial charge in [-0.3, -0.25) is 19.3 Å². The maximum absolute atomic E-state index is 12.9. The van der Waals surface area contributed by atoms with Gasteiger partial charge in [-0.1, -0.05) is 23.2 Å². The molecule has 0 unspecified atom stereocenters. The Hall–Kier alpha value is -2.90. The van der Waals surface area contributed by atoms with Gasteiger partial charge in [0.15, 0.2) is 0 Å². The molecule has 29 heavy (non-hydrogen) atoms. The Morgan fingerprint density at radius 2 is 1.66 bits per heavy atom. The van der Waals surface area contributed by atoms with Gasteiger partial charge in [-0.2, -0.15) is 0 Å². The summed E-state index contributed by atoms with van der Waals surface area (Å²) in [5, 5.41) is 0.323. The number of carbonyl (C=O) groups excluding carboxylic acids is 4. The van der Waals surface area contributed by atoms with Crippen molar-refractivity contribution in [2.45, 2.75) is 6.42 Å². The molecule has 2 aliphatic heterocycles. The van der Waals surface area contributed by atoms with Gasteiger partial charge in [0.2, 0.25) is 5.91 Å². The molecule has 0 aromatic heterocycles. The minimum atomic E-state index is -0.586. The number of fused-ring (bicyclic) bond motifs is 2. The molecule has 3 amide bonds. The molecule has 0 bridgehead atoms. The molecule has 2 heterocycles. The number of carbonyl (C=O) groups is 4. The van der Waals surface area contributed by atoms with Crippen LogP contribution in [0.4, 0.5) is 5.69 Å². The monoisotopic (exact) mass is 432 g/mol. The van der Waals surface area contributed by atoms with E-state index in [0.717, 1.165) is 10.5 Å². The molecule has 4 rings (SSSR count). The van der Waals surface area contributed by atoms with Crippen LogP contribution in [0.2, 0.25) is 10.0 Å². The van der Waals surface area contributed by atoms with Crippen LogP contribution in [0, 0.1) is 0 Å². The van der Waals surface area contributed by atoms with Crippen molar-refractivity contribution < 1.29 is 23.9 Å². The summed E-state index contributed by atoms with van der Waals surface area (Å²) in [7, 11) is 1.30. The molecule has 0 saturated heterocycles. The second-order valence-corrected chi connectivity index (χ2v) is 7.45. The van der Waals surface area contributed by atoms with Crippen molar-refractivity contribution in [2.75, 3.05) is 25.1 Å². The first-order chi connectivity index (χ1) is 13.8. The van der Waals surface area contributed by atoms with Crippen molar-refractivity contribution in [1.82, 2.24) is 4.90 Å². The number of rotatable bonds is 3. The highest BCUT2D eigenvalue weighted by atomic mass is 35.5. The fourth-order valence-electron chi connectivity index (χ4n) is 3.55. The normalized spacial score (nSPS) is 14.9. The van der Waals surface area contributed by atoms with Crippen LogP contribution >= 0.6 is 23.2 Å². The first-order valence-electron chi connectivity index (χ1n) is 8.68. The molecule has 0 saturated carbocycles. The van der Waals surface area contributed by atoms with Crippen molar-refractivity contribution in [3.05, 3.63) is 62.6 Å². The predicted molar refractivity (Wildman–Crippen MR) is 106 cm³/mol. The van der Waals surface area contributed by atoms with Crippen LogP contribution in [0.5, 0.6) is 0 Å². The number of benzene rings is 2. The lowest BCUT2D eigenvalue weighted by atomic mass is 10.1. The van der Waals surface area contributed by atoms with Gasteiger partial charge in [0.1, 0.15) is 6.54 Å². The Morgan fingerprint density at radius 1 is 1.03 bits per heavy atom. The summed E-state index contributed by atoms with van der Waals surface area (Å²) in [4.78, 5) is 52.1. The third-order valence-corrected chi connectivity index (χ3v) is 5.72. The SMILES string of the molecule is COC(=O)c1ccc2c(c1)CCN2C(=O)CN1C(=O)c2cc(Cl)c(Cl)cc2C1=O. The van der Waals surface area contributed by atoms with Crippen LogP contribution in [0.15, 0.2) is 30.3 Å². The van der Waals surface area contributed by atoms with Gasteiger partial charge >= 0.3 is 5.97 Å². The Morgan fingerprint density at radius 3 is 2.24 bits per heavy atom. The largest absolute Gasteiger partial charge is 0.465 e. The minimum Gasteiger partial charge on any atom is -0.465 e. The van der Waals surface area contributed by atoms with Crippen molar-refractivity contribution in [3.63, 3.8) is 0 Å². The molecule has 0 atom stereocenters. The average Bonchev–Trinajstić information content (AvgIpc) is 3.23. The molecule has 2 aliphatic rings. The summed E-state index contributed by atoms with van der Waals surface area (Å²) < 4.78 is 4.71. The molecular formula is C20H14Cl2N2O5. The molecule has 148 valence electrons. The number of amides is 3. The summed E-state index contributed by atoms with van der Waals surface area (Å²) in [6, 6.07) is 7.59. The molecule has 2 aromatic rings. The van der Waals surface area contributed by atoms with E-state index in [-0.39, 0.29) is 21.2 Å². The lowest BCUT2D eigenvalue weighted by Crippen LogP contribution is -2.42. The number of methoxy groups -OCH3 is 1. The van der Waals surface area contributed by atoms with Crippen molar-refractivity contribution in [2.24, 2.45) is 0 Å². The molecule has 0 spiro atoms. The summed E-state index contributed by atoms with van der Waals surface area (Å²) in [5.74, 6) is -2.03. The van der Waals surface area contributed by atoms with Crippen LogP contribution in [0.3, 0.4) is 0 Å². The van der Waals surface area contributed by atoms with E-state index in [4.69, 9.17) is 27.9 Å². The molecule has 0 aliphatic carbocycles. The van der Waals surface area contributed by atoms with E-state index in [1.165, 1.54) is 24.1 Å². The molecule has 2 aromatic carbocycles. The van der Waals surface area contributed by atoms with E-state index in [2.05, 4.69) is 0 Å². The number of anilines is 1. The van der Waals surface area contributed by atoms with E-state index >= 15 is 0 Å². The smallest absolute Gasteiger partial charge is 0.337 e. The highest BCUT2D eigenvalue weighted by molar-refractivity contribution is 6.43. The summed E-state index contributed by atoms with van der Waals surface area (Å²) in [6.07, 6.45) is 0.555. The van der Waals surface area contributed by atoms with E-state index < -0.39 is 30.2 Å². The molecule has 0 radical (unpaired) electrons. The first kappa shape index (κ1) is 19.4. The average molecular weight is 433 g/mol. The Labute approximate surface area is 175 Å². The van der Waals surface area contributed by atoms with Crippen LogP contribution in [0.25, 0.3) is 0 Å². The van der Waals surface area contributed by atoms with Gasteiger partial charge in [-0.25, -0.2) is 4.79 Å². The highest BCUT2D eigenvalue weighted by Crippen LogP contribution is 2.33. The molecule has 0 N–H and O–H groups in total. The third-order valence-electron chi connectivity index (χ3n) is 5.00. The van der Waals surface area contributed by atoms with Gasteiger partial charge in [0, 0.05) is 12.2 Å². The van der Waals surface area contributed by atoms with Crippen LogP contribution in [-0.2, 0) is 16.0 Å². The number of ether oxygens (including phenoxy) is 1. The first-order valence-corrected chi connectivity index (χ1v) is 9.44. The zero-order valence-electron chi connectivity index (χ0n) is 15.2. The van der Waals surface area contributed by atoms with Gasteiger partial charge in [0.05, 0.1) is 33.8 Å². The summed E-state index contributed by atoms with van der Waals surface area (Å²) in [5.41, 5.74) is 2.12. The fraction of sp³-hybridized carbons (Fsp3) is 0.200. The third kappa shape index (κ3) is 3.16. The Bertz CT molecular complexity index is 1060. The maximum atomic E-state index is 12.9. The lowest BCUT2D eigenvalue weighted by Gasteiger charge is -2.21. The maximum Gasteiger partial charge on any atom is 0.337 e. The number of halogens is 2. The molecular weight excluding hydrogens is 419 g/mol. The second-order valence-electron chi connectivity index (χ2n) is 6.64. The molecule has 0 fully saturated rings. The molecule has 7 nitrogen and oxygen atoms in total. The minimum absolute atomic E-state index is 0.127. The standard InChI is InChI=1S/C20H14Cl2N2O5/c1-29-20(28)11-2-3-16-10(6-11)4-5-23(16)17(25)9-24-18(26)12-7-14(21)15(22)8-13(12)19(24)27/h2-3,6-8H,4-5,9H2,1H3. The van der Waals surface area contributed by atoms with Gasteiger partial charge in [-0.15, -0.1) is 0 Å². The highest BCUT2D eigenvalue weighted by Gasteiger charge is 2.39. The Balaban J connectivity index is 1.55. The number of hydrogen-bond donors (Lipinski definition) is 0. The fourth-order valence-corrected chi connectivity index (χ4v) is 3.88. The van der Waals surface area contributed by atoms with E-state index in [1.54, 1.807) is 18.2 Å². The predicted octanol–water partition coefficient (Wildman–Crippen LogP) is 2.97. The van der Waals surface area contributed by atoms with Gasteiger partial charge < -0.3 is 9.64 Å². The quantitative estimate of drug-likeness (QED) is 0.549. The number of esters is 1. The van der Waals surface area contributed by atoms with Crippen molar-refractivity contribution >= 4 is 52.6 Å². The topological polar surface area (TPSA) is 84.0 Å². The Kier molecular flexibility index (Phi) is 4.80. The number of hydrogen-bond acceptors (Lipinski definition) is 5. The summed E-state index contributed by atoms with van der Waals surface area (Å²) in [6.45, 7) is -0.0145. The van der Waals surface area contributed by atoms with Crippen molar-refractivity contribution in [1.29, 1.82) is 0 Å². The van der Waals surface area contributed by atoms with E-state index in [1.807, 2.05) is 0 Å². The second kappa shape index (κ2) is 7.17. The molecule has 9 heteroatoms. The zero-order chi connectivity index (χ0) is 20.9. The van der Waals surface area contributed by atoms with Crippen molar-refractivity contribution in [3.8, 4) is 0 Å². The zero-order valence-corrected chi connectivity index (χ0v) is 16.7. The van der Waals surface area contributed by atoms with Gasteiger partial charge in [-0.05, 0) is 42.3 Å². The van der Waals surface area contributed by atoms with Gasteiger partial charge in [0.25, 0.3) is 11.8 Å². The lowest BCUT2D eigenvalue weighted by molar-refractivity contribution is -0.118.